The number of allylic oxidation sites excluding steroid dienone is 2. The lowest BCUT2D eigenvalue weighted by molar-refractivity contribution is -0.136. The number of nitrogens with zero attached hydrogens (tertiary/aromatic N) is 4. The molecule has 1 aromatic rings. The Kier molecular flexibility index (Phi) is 5.75. The van der Waals surface area contributed by atoms with E-state index in [1.807, 2.05) is 6.92 Å². The molecule has 0 aromatic heterocycles. The molecule has 0 bridgehead atoms. The maximum absolute atomic E-state index is 14.4. The SMILES string of the molecule is C=N/C(=C\C=C1/CN(C2CC2)C(C)C(=O)N1C)N1C(=O)CCC1c1ccc(F)cc1F. The third-order valence-corrected chi connectivity index (χ3v) is 6.34. The molecule has 3 aliphatic rings. The summed E-state index contributed by atoms with van der Waals surface area (Å²) in [6.45, 7) is 6.13. The number of hydrogen-bond acceptors (Lipinski definition) is 4. The van der Waals surface area contributed by atoms with Crippen LogP contribution in [0.4, 0.5) is 8.78 Å². The molecule has 1 aromatic carbocycles. The van der Waals surface area contributed by atoms with Crippen LogP contribution in [0.15, 0.2) is 46.9 Å². The summed E-state index contributed by atoms with van der Waals surface area (Å²) in [4.78, 5) is 34.5. The van der Waals surface area contributed by atoms with Crippen molar-refractivity contribution in [3.63, 3.8) is 0 Å². The lowest BCUT2D eigenvalue weighted by Crippen LogP contribution is -2.53. The third kappa shape index (κ3) is 4.04. The Labute approximate surface area is 180 Å². The number of benzene rings is 1. The summed E-state index contributed by atoms with van der Waals surface area (Å²) in [5.74, 6) is -1.26. The lowest BCUT2D eigenvalue weighted by atomic mass is 10.0. The number of rotatable bonds is 5. The van der Waals surface area contributed by atoms with Gasteiger partial charge in [-0.3, -0.25) is 19.4 Å². The van der Waals surface area contributed by atoms with Gasteiger partial charge in [0, 0.05) is 43.4 Å². The second-order valence-electron chi connectivity index (χ2n) is 8.30. The topological polar surface area (TPSA) is 56.2 Å². The van der Waals surface area contributed by atoms with Gasteiger partial charge < -0.3 is 4.90 Å². The fourth-order valence-corrected chi connectivity index (χ4v) is 4.43. The van der Waals surface area contributed by atoms with Crippen LogP contribution in [0.3, 0.4) is 0 Å². The van der Waals surface area contributed by atoms with Crippen molar-refractivity contribution in [2.24, 2.45) is 4.99 Å². The van der Waals surface area contributed by atoms with E-state index >= 15 is 0 Å². The summed E-state index contributed by atoms with van der Waals surface area (Å²) in [6.07, 6.45) is 6.23. The zero-order valence-electron chi connectivity index (χ0n) is 17.7. The first kappa shape index (κ1) is 21.4. The molecule has 2 atom stereocenters. The summed E-state index contributed by atoms with van der Waals surface area (Å²) < 4.78 is 27.7. The highest BCUT2D eigenvalue weighted by Gasteiger charge is 2.40. The quantitative estimate of drug-likeness (QED) is 0.676. The van der Waals surface area contributed by atoms with Gasteiger partial charge in [0.2, 0.25) is 11.8 Å². The monoisotopic (exact) mass is 428 g/mol. The predicted octanol–water partition coefficient (Wildman–Crippen LogP) is 3.38. The van der Waals surface area contributed by atoms with Crippen LogP contribution in [0.5, 0.6) is 0 Å². The van der Waals surface area contributed by atoms with Gasteiger partial charge in [-0.25, -0.2) is 13.8 Å². The lowest BCUT2D eigenvalue weighted by Gasteiger charge is -2.39. The molecule has 2 amide bonds. The number of piperazine rings is 1. The first-order chi connectivity index (χ1) is 14.8. The van der Waals surface area contributed by atoms with Gasteiger partial charge in [0.15, 0.2) is 0 Å². The van der Waals surface area contributed by atoms with Crippen LogP contribution in [0, 0.1) is 11.6 Å². The molecule has 0 spiro atoms. The standard InChI is InChI=1S/C23H26F2N4O2/c1-14-23(31)27(3)17(13-28(14)16-5-6-16)7-10-21(26-2)29-20(9-11-22(29)30)18-8-4-15(24)12-19(18)25/h4,7-8,10,12,14,16,20H,2,5-6,9,11,13H2,1,3H3/b17-7+,21-10+. The van der Waals surface area contributed by atoms with Crippen molar-refractivity contribution < 1.29 is 18.4 Å². The molecule has 8 heteroatoms. The highest BCUT2D eigenvalue weighted by molar-refractivity contribution is 5.84. The van der Waals surface area contributed by atoms with Crippen LogP contribution in [0.25, 0.3) is 0 Å². The van der Waals surface area contributed by atoms with Gasteiger partial charge >= 0.3 is 0 Å². The predicted molar refractivity (Wildman–Crippen MR) is 113 cm³/mol. The van der Waals surface area contributed by atoms with E-state index in [0.717, 1.165) is 24.6 Å². The molecule has 164 valence electrons. The average molecular weight is 428 g/mol. The van der Waals surface area contributed by atoms with Crippen molar-refractivity contribution >= 4 is 18.5 Å². The van der Waals surface area contributed by atoms with Crippen molar-refractivity contribution in [2.45, 2.75) is 50.7 Å². The van der Waals surface area contributed by atoms with Crippen LogP contribution in [-0.2, 0) is 9.59 Å². The molecule has 2 saturated heterocycles. The minimum Gasteiger partial charge on any atom is -0.317 e. The van der Waals surface area contributed by atoms with Crippen molar-refractivity contribution in [3.05, 3.63) is 59.1 Å². The van der Waals surface area contributed by atoms with Crippen molar-refractivity contribution in [3.8, 4) is 0 Å². The summed E-state index contributed by atoms with van der Waals surface area (Å²) in [5.41, 5.74) is 1.04. The Balaban J connectivity index is 1.64. The average Bonchev–Trinajstić information content (AvgIpc) is 3.51. The van der Waals surface area contributed by atoms with Crippen LogP contribution in [0.2, 0.25) is 0 Å². The Bertz CT molecular complexity index is 986. The molecule has 0 N–H and O–H groups in total. The van der Waals surface area contributed by atoms with Gasteiger partial charge in [-0.2, -0.15) is 0 Å². The second-order valence-corrected chi connectivity index (χ2v) is 8.30. The van der Waals surface area contributed by atoms with Gasteiger partial charge in [0.05, 0.1) is 12.1 Å². The molecule has 31 heavy (non-hydrogen) atoms. The molecule has 1 saturated carbocycles. The maximum atomic E-state index is 14.4. The molecule has 2 heterocycles. The van der Waals surface area contributed by atoms with Crippen LogP contribution in [-0.4, -0.2) is 58.9 Å². The first-order valence-electron chi connectivity index (χ1n) is 10.5. The van der Waals surface area contributed by atoms with E-state index < -0.39 is 17.7 Å². The molecule has 6 nitrogen and oxygen atoms in total. The van der Waals surface area contributed by atoms with Crippen molar-refractivity contribution in [1.29, 1.82) is 0 Å². The van der Waals surface area contributed by atoms with Gasteiger partial charge in [0.25, 0.3) is 0 Å². The highest BCUT2D eigenvalue weighted by Crippen LogP contribution is 2.38. The number of aliphatic imine (C=N–C) groups is 1. The molecule has 4 rings (SSSR count). The van der Waals surface area contributed by atoms with E-state index in [1.54, 1.807) is 24.1 Å². The largest absolute Gasteiger partial charge is 0.317 e. The van der Waals surface area contributed by atoms with E-state index in [9.17, 15) is 18.4 Å². The molecular weight excluding hydrogens is 402 g/mol. The Morgan fingerprint density at radius 1 is 1.23 bits per heavy atom. The van der Waals surface area contributed by atoms with Gasteiger partial charge in [-0.1, -0.05) is 6.07 Å². The number of amides is 2. The van der Waals surface area contributed by atoms with E-state index in [4.69, 9.17) is 0 Å². The summed E-state index contributed by atoms with van der Waals surface area (Å²) in [5, 5.41) is 0. The molecule has 2 aliphatic heterocycles. The van der Waals surface area contributed by atoms with E-state index in [0.29, 0.717) is 19.0 Å². The fraction of sp³-hybridized carbons (Fsp3) is 0.435. The van der Waals surface area contributed by atoms with E-state index in [1.165, 1.54) is 17.0 Å². The number of hydrogen-bond donors (Lipinski definition) is 0. The summed E-state index contributed by atoms with van der Waals surface area (Å²) in [6, 6.07) is 3.05. The number of halogens is 2. The van der Waals surface area contributed by atoms with Crippen LogP contribution < -0.4 is 0 Å². The second kappa shape index (κ2) is 8.34. The fourth-order valence-electron chi connectivity index (χ4n) is 4.43. The molecule has 1 aliphatic carbocycles. The minimum atomic E-state index is -0.696. The van der Waals surface area contributed by atoms with Crippen LogP contribution >= 0.6 is 0 Å². The smallest absolute Gasteiger partial charge is 0.243 e. The van der Waals surface area contributed by atoms with Crippen molar-refractivity contribution in [2.75, 3.05) is 13.6 Å². The first-order valence-corrected chi connectivity index (χ1v) is 10.5. The molecule has 0 radical (unpaired) electrons. The van der Waals surface area contributed by atoms with E-state index in [-0.39, 0.29) is 35.7 Å². The highest BCUT2D eigenvalue weighted by atomic mass is 19.1. The number of carbonyl (C=O) groups is 2. The molecular formula is C23H26F2N4O2. The van der Waals surface area contributed by atoms with Crippen molar-refractivity contribution in [1.82, 2.24) is 14.7 Å². The summed E-state index contributed by atoms with van der Waals surface area (Å²) >= 11 is 0. The zero-order valence-corrected chi connectivity index (χ0v) is 17.7. The Morgan fingerprint density at radius 3 is 2.61 bits per heavy atom. The van der Waals surface area contributed by atoms with E-state index in [2.05, 4.69) is 16.6 Å². The Morgan fingerprint density at radius 2 is 1.97 bits per heavy atom. The molecule has 2 unspecified atom stereocenters. The van der Waals surface area contributed by atoms with Crippen LogP contribution in [0.1, 0.15) is 44.2 Å². The molecule has 3 fully saturated rings. The normalized spacial score (nSPS) is 26.8. The zero-order chi connectivity index (χ0) is 22.3. The minimum absolute atomic E-state index is 0.0226. The Hall–Kier alpha value is -2.87. The van der Waals surface area contributed by atoms with Gasteiger partial charge in [-0.05, 0) is 51.1 Å². The number of carbonyl (C=O) groups excluding carboxylic acids is 2. The third-order valence-electron chi connectivity index (χ3n) is 6.34. The maximum Gasteiger partial charge on any atom is 0.243 e. The van der Waals surface area contributed by atoms with Gasteiger partial charge in [-0.15, -0.1) is 0 Å². The number of likely N-dealkylation sites (tertiary alicyclic amines) is 1. The van der Waals surface area contributed by atoms with Gasteiger partial charge in [0.1, 0.15) is 17.5 Å². The number of likely N-dealkylation sites (N-methyl/N-ethyl adjacent to an activating group) is 1. The summed E-state index contributed by atoms with van der Waals surface area (Å²) in [7, 11) is 1.74.